The molecule has 0 saturated heterocycles. The molecule has 1 aromatic carbocycles. The summed E-state index contributed by atoms with van der Waals surface area (Å²) in [7, 11) is 0. The number of ether oxygens (including phenoxy) is 2. The van der Waals surface area contributed by atoms with Crippen molar-refractivity contribution in [3.63, 3.8) is 0 Å². The van der Waals surface area contributed by atoms with Crippen molar-refractivity contribution >= 4 is 11.6 Å². The Morgan fingerprint density at radius 3 is 2.81 bits per heavy atom. The normalized spacial score (nSPS) is 12.3. The number of aryl methyl sites for hydroxylation is 2. The maximum atomic E-state index is 12.2. The second-order valence-corrected chi connectivity index (χ2v) is 4.63. The molecule has 2 heterocycles. The number of nitrogens with one attached hydrogen (secondary N) is 2. The Morgan fingerprint density at radius 1 is 1.29 bits per heavy atom. The third kappa shape index (κ3) is 2.45. The lowest BCUT2D eigenvalue weighted by molar-refractivity contribution is 0.102. The van der Waals surface area contributed by atoms with Gasteiger partial charge in [-0.15, -0.1) is 0 Å². The summed E-state index contributed by atoms with van der Waals surface area (Å²) in [6, 6.07) is 5.02. The smallest absolute Gasteiger partial charge is 0.264 e. The molecule has 0 bridgehead atoms. The number of aromatic nitrogens is 2. The van der Waals surface area contributed by atoms with Crippen LogP contribution in [0.4, 0.5) is 5.69 Å². The van der Waals surface area contributed by atoms with Gasteiger partial charge in [-0.05, 0) is 26.0 Å². The number of hydrogen-bond donors (Lipinski definition) is 2. The van der Waals surface area contributed by atoms with E-state index < -0.39 is 11.5 Å². The van der Waals surface area contributed by atoms with Gasteiger partial charge in [-0.2, -0.15) is 0 Å². The average Bonchev–Trinajstić information content (AvgIpc) is 2.84. The second kappa shape index (κ2) is 4.93. The van der Waals surface area contributed by atoms with E-state index in [0.29, 0.717) is 28.7 Å². The molecule has 2 aromatic rings. The van der Waals surface area contributed by atoms with E-state index in [-0.39, 0.29) is 12.4 Å². The Labute approximate surface area is 119 Å². The van der Waals surface area contributed by atoms with E-state index in [1.165, 1.54) is 0 Å². The van der Waals surface area contributed by atoms with Crippen LogP contribution in [0, 0.1) is 13.8 Å². The molecule has 0 saturated carbocycles. The van der Waals surface area contributed by atoms with Gasteiger partial charge >= 0.3 is 0 Å². The number of amides is 1. The molecule has 7 heteroatoms. The van der Waals surface area contributed by atoms with Crippen molar-refractivity contribution in [1.82, 2.24) is 9.97 Å². The van der Waals surface area contributed by atoms with Gasteiger partial charge in [0.05, 0.1) is 5.69 Å². The van der Waals surface area contributed by atoms with Gasteiger partial charge in [-0.1, -0.05) is 0 Å². The van der Waals surface area contributed by atoms with Crippen LogP contribution in [0.25, 0.3) is 0 Å². The summed E-state index contributed by atoms with van der Waals surface area (Å²) in [5.74, 6) is 1.14. The summed E-state index contributed by atoms with van der Waals surface area (Å²) in [4.78, 5) is 30.7. The number of anilines is 1. The van der Waals surface area contributed by atoms with Crippen molar-refractivity contribution < 1.29 is 14.3 Å². The highest BCUT2D eigenvalue weighted by Crippen LogP contribution is 2.34. The summed E-state index contributed by atoms with van der Waals surface area (Å²) in [6.45, 7) is 3.44. The van der Waals surface area contributed by atoms with Gasteiger partial charge < -0.3 is 19.8 Å². The Hall–Kier alpha value is -2.83. The topological polar surface area (TPSA) is 93.3 Å². The van der Waals surface area contributed by atoms with Crippen LogP contribution in [0.1, 0.15) is 21.9 Å². The third-order valence-electron chi connectivity index (χ3n) is 3.08. The first kappa shape index (κ1) is 13.2. The third-order valence-corrected chi connectivity index (χ3v) is 3.08. The van der Waals surface area contributed by atoms with Crippen molar-refractivity contribution in [2.45, 2.75) is 13.8 Å². The minimum Gasteiger partial charge on any atom is -0.454 e. The van der Waals surface area contributed by atoms with Crippen LogP contribution in [0.15, 0.2) is 23.0 Å². The number of aromatic amines is 1. The van der Waals surface area contributed by atoms with E-state index >= 15 is 0 Å². The summed E-state index contributed by atoms with van der Waals surface area (Å²) in [5.41, 5.74) is 0.439. The molecular formula is C14H13N3O4. The van der Waals surface area contributed by atoms with E-state index in [1.807, 2.05) is 0 Å². The SMILES string of the molecule is Cc1nc(C)c(C(=O)Nc2ccc3c(c2)OCO3)c(=O)[nH]1. The minimum absolute atomic E-state index is 0.00160. The highest BCUT2D eigenvalue weighted by Gasteiger charge is 2.18. The zero-order valence-corrected chi connectivity index (χ0v) is 11.5. The fourth-order valence-electron chi connectivity index (χ4n) is 2.16. The molecule has 2 N–H and O–H groups in total. The zero-order chi connectivity index (χ0) is 15.0. The van der Waals surface area contributed by atoms with Crippen molar-refractivity contribution in [2.75, 3.05) is 12.1 Å². The van der Waals surface area contributed by atoms with Gasteiger partial charge in [0.1, 0.15) is 11.4 Å². The molecule has 0 spiro atoms. The number of carbonyl (C=O) groups is 1. The van der Waals surface area contributed by atoms with Crippen molar-refractivity contribution in [3.05, 3.63) is 45.6 Å². The van der Waals surface area contributed by atoms with Crippen LogP contribution >= 0.6 is 0 Å². The Bertz CT molecular complexity index is 782. The van der Waals surface area contributed by atoms with Crippen LogP contribution in [-0.4, -0.2) is 22.7 Å². The van der Waals surface area contributed by atoms with E-state index in [1.54, 1.807) is 32.0 Å². The van der Waals surface area contributed by atoms with Gasteiger partial charge in [0, 0.05) is 11.8 Å². The summed E-state index contributed by atoms with van der Waals surface area (Å²) in [6.07, 6.45) is 0. The molecule has 0 atom stereocenters. The number of rotatable bonds is 2. The summed E-state index contributed by atoms with van der Waals surface area (Å²) < 4.78 is 10.4. The van der Waals surface area contributed by atoms with E-state index in [2.05, 4.69) is 15.3 Å². The van der Waals surface area contributed by atoms with Crippen LogP contribution in [0.5, 0.6) is 11.5 Å². The molecule has 1 aliphatic heterocycles. The molecule has 1 aromatic heterocycles. The van der Waals surface area contributed by atoms with Gasteiger partial charge in [0.2, 0.25) is 6.79 Å². The molecule has 108 valence electrons. The zero-order valence-electron chi connectivity index (χ0n) is 11.5. The number of fused-ring (bicyclic) bond motifs is 1. The van der Waals surface area contributed by atoms with Crippen LogP contribution in [0.3, 0.4) is 0 Å². The molecule has 0 radical (unpaired) electrons. The Kier molecular flexibility index (Phi) is 3.09. The fourth-order valence-corrected chi connectivity index (χ4v) is 2.16. The molecule has 3 rings (SSSR count). The fraction of sp³-hybridized carbons (Fsp3) is 0.214. The Morgan fingerprint density at radius 2 is 2.05 bits per heavy atom. The molecule has 21 heavy (non-hydrogen) atoms. The lowest BCUT2D eigenvalue weighted by Crippen LogP contribution is -2.26. The van der Waals surface area contributed by atoms with Gasteiger partial charge in [-0.25, -0.2) is 4.98 Å². The maximum Gasteiger partial charge on any atom is 0.264 e. The molecule has 7 nitrogen and oxygen atoms in total. The molecule has 0 fully saturated rings. The Balaban J connectivity index is 1.89. The van der Waals surface area contributed by atoms with E-state index in [9.17, 15) is 9.59 Å². The van der Waals surface area contributed by atoms with E-state index in [4.69, 9.17) is 9.47 Å². The highest BCUT2D eigenvalue weighted by molar-refractivity contribution is 6.04. The first-order valence-electron chi connectivity index (χ1n) is 6.33. The molecule has 0 unspecified atom stereocenters. The molecular weight excluding hydrogens is 274 g/mol. The predicted octanol–water partition coefficient (Wildman–Crippen LogP) is 1.37. The van der Waals surface area contributed by atoms with Gasteiger partial charge in [-0.3, -0.25) is 9.59 Å². The highest BCUT2D eigenvalue weighted by atomic mass is 16.7. The minimum atomic E-state index is -0.514. The average molecular weight is 287 g/mol. The van der Waals surface area contributed by atoms with Crippen molar-refractivity contribution in [2.24, 2.45) is 0 Å². The first-order valence-corrected chi connectivity index (χ1v) is 6.33. The van der Waals surface area contributed by atoms with Crippen LogP contribution in [0.2, 0.25) is 0 Å². The van der Waals surface area contributed by atoms with Gasteiger partial charge in [0.25, 0.3) is 11.5 Å². The van der Waals surface area contributed by atoms with Gasteiger partial charge in [0.15, 0.2) is 11.5 Å². The summed E-state index contributed by atoms with van der Waals surface area (Å²) in [5, 5.41) is 2.65. The quantitative estimate of drug-likeness (QED) is 0.870. The maximum absolute atomic E-state index is 12.2. The number of nitrogens with zero attached hydrogens (tertiary/aromatic N) is 1. The van der Waals surface area contributed by atoms with Crippen LogP contribution < -0.4 is 20.3 Å². The predicted molar refractivity (Wildman–Crippen MR) is 74.8 cm³/mol. The second-order valence-electron chi connectivity index (χ2n) is 4.63. The molecule has 1 aliphatic rings. The largest absolute Gasteiger partial charge is 0.454 e. The van der Waals surface area contributed by atoms with Crippen LogP contribution in [-0.2, 0) is 0 Å². The molecule has 0 aliphatic carbocycles. The monoisotopic (exact) mass is 287 g/mol. The number of benzene rings is 1. The number of hydrogen-bond acceptors (Lipinski definition) is 5. The van der Waals surface area contributed by atoms with Crippen molar-refractivity contribution in [3.8, 4) is 11.5 Å². The number of carbonyl (C=O) groups excluding carboxylic acids is 1. The van der Waals surface area contributed by atoms with E-state index in [0.717, 1.165) is 0 Å². The lowest BCUT2D eigenvalue weighted by Gasteiger charge is -2.07. The standard InChI is InChI=1S/C14H13N3O4/c1-7-12(13(18)16-8(2)15-7)14(19)17-9-3-4-10-11(5-9)21-6-20-10/h3-5H,6H2,1-2H3,(H,17,19)(H,15,16,18). The lowest BCUT2D eigenvalue weighted by atomic mass is 10.2. The van der Waals surface area contributed by atoms with Crippen molar-refractivity contribution in [1.29, 1.82) is 0 Å². The first-order chi connectivity index (χ1) is 10.0. The summed E-state index contributed by atoms with van der Waals surface area (Å²) >= 11 is 0. The number of H-pyrrole nitrogens is 1. The molecule has 1 amide bonds.